The van der Waals surface area contributed by atoms with Crippen LogP contribution in [0.3, 0.4) is 0 Å². The van der Waals surface area contributed by atoms with E-state index in [0.29, 0.717) is 25.7 Å². The van der Waals surface area contributed by atoms with Gasteiger partial charge < -0.3 is 33.8 Å². The van der Waals surface area contributed by atoms with Gasteiger partial charge in [0.2, 0.25) is 0 Å². The van der Waals surface area contributed by atoms with Crippen LogP contribution in [0.25, 0.3) is 0 Å². The number of unbranched alkanes of at least 4 members (excludes halogenated alkanes) is 51. The Bertz CT molecular complexity index is 1960. The molecule has 0 saturated carbocycles. The number of aliphatic hydroxyl groups is 1. The third kappa shape index (κ3) is 74.9. The summed E-state index contributed by atoms with van der Waals surface area (Å²) in [4.78, 5) is 73.0. The lowest BCUT2D eigenvalue weighted by Gasteiger charge is -2.21. The first kappa shape index (κ1) is 100. The van der Waals surface area contributed by atoms with Crippen LogP contribution in [0.4, 0.5) is 0 Å². The Morgan fingerprint density at radius 1 is 0.284 bits per heavy atom. The Labute approximate surface area is 626 Å². The fraction of sp³-hybridized carbons (Fsp3) is 0.952. The average molecular weight is 1490 g/mol. The Morgan fingerprint density at radius 2 is 0.500 bits per heavy atom. The Morgan fingerprint density at radius 3 is 0.745 bits per heavy atom. The molecule has 0 fully saturated rings. The molecule has 17 nitrogen and oxygen atoms in total. The number of hydrogen-bond acceptors (Lipinski definition) is 15. The van der Waals surface area contributed by atoms with Gasteiger partial charge in [-0.3, -0.25) is 37.3 Å². The molecule has 0 rings (SSSR count). The van der Waals surface area contributed by atoms with E-state index in [1.807, 2.05) is 0 Å². The maximum atomic E-state index is 13.1. The van der Waals surface area contributed by atoms with E-state index in [0.717, 1.165) is 108 Å². The van der Waals surface area contributed by atoms with Crippen LogP contribution in [0.1, 0.15) is 440 Å². The molecule has 0 aliphatic carbocycles. The molecule has 0 aromatic rings. The van der Waals surface area contributed by atoms with Gasteiger partial charge in [-0.05, 0) is 37.5 Å². The molecule has 6 atom stereocenters. The molecule has 0 aromatic heterocycles. The van der Waals surface area contributed by atoms with Crippen molar-refractivity contribution in [1.29, 1.82) is 0 Å². The summed E-state index contributed by atoms with van der Waals surface area (Å²) in [7, 11) is -9.92. The largest absolute Gasteiger partial charge is 0.472 e. The average Bonchev–Trinajstić information content (AvgIpc) is 0.923. The van der Waals surface area contributed by atoms with Crippen LogP contribution in [-0.2, 0) is 65.4 Å². The molecule has 102 heavy (non-hydrogen) atoms. The van der Waals surface area contributed by atoms with Gasteiger partial charge in [0.1, 0.15) is 19.3 Å². The van der Waals surface area contributed by atoms with E-state index < -0.39 is 97.5 Å². The zero-order valence-corrected chi connectivity index (χ0v) is 68.7. The van der Waals surface area contributed by atoms with Gasteiger partial charge in [-0.2, -0.15) is 0 Å². The zero-order chi connectivity index (χ0) is 74.9. The smallest absolute Gasteiger partial charge is 0.462 e. The van der Waals surface area contributed by atoms with Crippen molar-refractivity contribution in [1.82, 2.24) is 0 Å². The van der Waals surface area contributed by atoms with Gasteiger partial charge in [0.25, 0.3) is 0 Å². The molecule has 0 radical (unpaired) electrons. The Balaban J connectivity index is 5.19. The summed E-state index contributed by atoms with van der Waals surface area (Å²) in [5.41, 5.74) is 0. The fourth-order valence-corrected chi connectivity index (χ4v) is 14.4. The first-order valence-electron chi connectivity index (χ1n) is 43.0. The van der Waals surface area contributed by atoms with Crippen LogP contribution in [0.15, 0.2) is 0 Å². The quantitative estimate of drug-likeness (QED) is 0.0222. The molecule has 0 bridgehead atoms. The standard InChI is InChI=1S/C83H162O17P2/c1-7-10-12-14-16-18-19-20-21-24-28-31-37-42-48-54-60-66-81(86)94-72-79(100-82(87)67-61-55-49-43-38-32-29-26-23-22-25-27-30-36-41-46-52-58-64-76(6)9-3)74-98-102(91,92)96-70-77(84)69-95-101(89,90)97-73-78(71-93-80(85)65-59-53-47-17-15-13-11-8-2)99-83(88)68-62-56-50-44-39-34-33-35-40-45-51-57-63-75(4)5/h75-79,84H,7-74H2,1-6H3,(H,89,90)(H,91,92)/t76?,77-,78+,79+/m0/s1. The number of esters is 4. The van der Waals surface area contributed by atoms with E-state index in [4.69, 9.17) is 37.0 Å². The highest BCUT2D eigenvalue weighted by atomic mass is 31.2. The van der Waals surface area contributed by atoms with Crippen LogP contribution in [0, 0.1) is 11.8 Å². The van der Waals surface area contributed by atoms with Crippen molar-refractivity contribution in [2.75, 3.05) is 39.6 Å². The molecule has 0 saturated heterocycles. The number of hydrogen-bond donors (Lipinski definition) is 3. The molecule has 3 unspecified atom stereocenters. The van der Waals surface area contributed by atoms with E-state index in [9.17, 15) is 43.2 Å². The number of carbonyl (C=O) groups is 4. The molecular formula is C83H162O17P2. The number of ether oxygens (including phenoxy) is 4. The number of phosphoric ester groups is 2. The van der Waals surface area contributed by atoms with E-state index in [-0.39, 0.29) is 25.7 Å². The Kier molecular flexibility index (Phi) is 73.1. The molecule has 0 aliphatic heterocycles. The highest BCUT2D eigenvalue weighted by Gasteiger charge is 2.30. The molecule has 19 heteroatoms. The van der Waals surface area contributed by atoms with E-state index >= 15 is 0 Å². The van der Waals surface area contributed by atoms with Crippen molar-refractivity contribution in [2.45, 2.75) is 458 Å². The predicted molar refractivity (Wildman–Crippen MR) is 418 cm³/mol. The summed E-state index contributed by atoms with van der Waals surface area (Å²) < 4.78 is 68.7. The number of carbonyl (C=O) groups excluding carboxylic acids is 4. The second kappa shape index (κ2) is 74.5. The minimum absolute atomic E-state index is 0.107. The molecule has 0 aromatic carbocycles. The molecule has 606 valence electrons. The SMILES string of the molecule is CCCCCCCCCCCCCCCCCCCC(=O)OC[C@H](COP(=O)(O)OC[C@@H](O)COP(=O)(O)OC[C@@H](COC(=O)CCCCCCCCCC)OC(=O)CCCCCCCCCCCCCCC(C)C)OC(=O)CCCCCCCCCCCCCCCCCCCCC(C)CC. The number of phosphoric acid groups is 2. The zero-order valence-electron chi connectivity index (χ0n) is 66.9. The van der Waals surface area contributed by atoms with Crippen molar-refractivity contribution >= 4 is 39.5 Å². The van der Waals surface area contributed by atoms with Gasteiger partial charge in [0, 0.05) is 25.7 Å². The fourth-order valence-electron chi connectivity index (χ4n) is 12.9. The minimum atomic E-state index is -4.96. The molecule has 0 aliphatic rings. The lowest BCUT2D eigenvalue weighted by atomic mass is 9.99. The van der Waals surface area contributed by atoms with Gasteiger partial charge in [0.15, 0.2) is 12.2 Å². The van der Waals surface area contributed by atoms with E-state index in [2.05, 4.69) is 41.5 Å². The van der Waals surface area contributed by atoms with Gasteiger partial charge in [-0.15, -0.1) is 0 Å². The first-order valence-corrected chi connectivity index (χ1v) is 46.0. The number of aliphatic hydroxyl groups excluding tert-OH is 1. The van der Waals surface area contributed by atoms with E-state index in [1.54, 1.807) is 0 Å². The topological polar surface area (TPSA) is 237 Å². The van der Waals surface area contributed by atoms with Crippen LogP contribution in [0.2, 0.25) is 0 Å². The van der Waals surface area contributed by atoms with Crippen molar-refractivity contribution in [3.63, 3.8) is 0 Å². The lowest BCUT2D eigenvalue weighted by molar-refractivity contribution is -0.161. The summed E-state index contributed by atoms with van der Waals surface area (Å²) in [6, 6.07) is 0. The molecule has 0 spiro atoms. The van der Waals surface area contributed by atoms with Crippen LogP contribution in [0.5, 0.6) is 0 Å². The van der Waals surface area contributed by atoms with Gasteiger partial charge >= 0.3 is 39.5 Å². The molecule has 0 heterocycles. The van der Waals surface area contributed by atoms with Crippen molar-refractivity contribution in [3.8, 4) is 0 Å². The van der Waals surface area contributed by atoms with Gasteiger partial charge in [-0.25, -0.2) is 9.13 Å². The van der Waals surface area contributed by atoms with Gasteiger partial charge in [-0.1, -0.05) is 388 Å². The molecule has 0 amide bonds. The Hall–Kier alpha value is -1.94. The second-order valence-corrected chi connectivity index (χ2v) is 33.5. The molecule has 3 N–H and O–H groups in total. The third-order valence-electron chi connectivity index (χ3n) is 19.8. The summed E-state index contributed by atoms with van der Waals surface area (Å²) >= 11 is 0. The molecular weight excluding hydrogens is 1330 g/mol. The van der Waals surface area contributed by atoms with Crippen molar-refractivity contribution < 1.29 is 80.2 Å². The normalized spacial score (nSPS) is 14.1. The van der Waals surface area contributed by atoms with Crippen LogP contribution in [-0.4, -0.2) is 96.7 Å². The van der Waals surface area contributed by atoms with Gasteiger partial charge in [0.05, 0.1) is 26.4 Å². The van der Waals surface area contributed by atoms with Crippen molar-refractivity contribution in [2.24, 2.45) is 11.8 Å². The highest BCUT2D eigenvalue weighted by Crippen LogP contribution is 2.45. The minimum Gasteiger partial charge on any atom is -0.462 e. The first-order chi connectivity index (χ1) is 49.4. The van der Waals surface area contributed by atoms with E-state index in [1.165, 1.54) is 250 Å². The predicted octanol–water partition coefficient (Wildman–Crippen LogP) is 25.1. The van der Waals surface area contributed by atoms with Crippen molar-refractivity contribution in [3.05, 3.63) is 0 Å². The maximum absolute atomic E-state index is 13.1. The van der Waals surface area contributed by atoms with Crippen LogP contribution < -0.4 is 0 Å². The summed E-state index contributed by atoms with van der Waals surface area (Å²) in [5, 5.41) is 10.6. The highest BCUT2D eigenvalue weighted by molar-refractivity contribution is 7.47. The lowest BCUT2D eigenvalue weighted by Crippen LogP contribution is -2.30. The van der Waals surface area contributed by atoms with Crippen LogP contribution >= 0.6 is 15.6 Å². The maximum Gasteiger partial charge on any atom is 0.472 e. The number of rotatable bonds is 82. The monoisotopic (exact) mass is 1490 g/mol. The third-order valence-corrected chi connectivity index (χ3v) is 21.7. The summed E-state index contributed by atoms with van der Waals surface area (Å²) in [6.45, 7) is 9.70. The summed E-state index contributed by atoms with van der Waals surface area (Å²) in [6.07, 6.45) is 65.3. The summed E-state index contributed by atoms with van der Waals surface area (Å²) in [5.74, 6) is -0.460. The second-order valence-electron chi connectivity index (χ2n) is 30.6.